The Labute approximate surface area is 134 Å². The number of nitrogens with one attached hydrogen (secondary N) is 1. The molecule has 0 amide bonds. The summed E-state index contributed by atoms with van der Waals surface area (Å²) >= 11 is 0. The van der Waals surface area contributed by atoms with Crippen molar-refractivity contribution in [2.75, 3.05) is 32.7 Å². The van der Waals surface area contributed by atoms with Gasteiger partial charge in [0.25, 0.3) is 0 Å². The highest BCUT2D eigenvalue weighted by Gasteiger charge is 2.15. The van der Waals surface area contributed by atoms with E-state index in [0.29, 0.717) is 0 Å². The van der Waals surface area contributed by atoms with E-state index in [1.54, 1.807) is 0 Å². The SMILES string of the molecule is CC(C)C1CCCCC1.CC(C)CCCN1CCNCC1. The molecule has 2 heteroatoms. The van der Waals surface area contributed by atoms with Crippen LogP contribution in [-0.2, 0) is 0 Å². The van der Waals surface area contributed by atoms with Crippen molar-refractivity contribution in [1.82, 2.24) is 10.2 Å². The Hall–Kier alpha value is -0.0800. The summed E-state index contributed by atoms with van der Waals surface area (Å²) in [5, 5.41) is 3.37. The Kier molecular flexibility index (Phi) is 10.4. The highest BCUT2D eigenvalue weighted by atomic mass is 15.2. The second-order valence-corrected chi connectivity index (χ2v) is 7.77. The van der Waals surface area contributed by atoms with Crippen molar-refractivity contribution in [3.63, 3.8) is 0 Å². The number of hydrogen-bond acceptors (Lipinski definition) is 2. The standard InChI is InChI=1S/C10H22N2.C9H18/c1-10(2)4-3-7-12-8-5-11-6-9-12;1-8(2)9-6-4-3-5-7-9/h10-11H,3-9H2,1-2H3;8-9H,3-7H2,1-2H3. The average Bonchev–Trinajstić information content (AvgIpc) is 2.49. The van der Waals surface area contributed by atoms with Crippen molar-refractivity contribution >= 4 is 0 Å². The van der Waals surface area contributed by atoms with Crippen molar-refractivity contribution in [1.29, 1.82) is 0 Å². The summed E-state index contributed by atoms with van der Waals surface area (Å²) in [6.45, 7) is 15.5. The van der Waals surface area contributed by atoms with E-state index >= 15 is 0 Å². The zero-order chi connectivity index (χ0) is 15.5. The molecule has 21 heavy (non-hydrogen) atoms. The first-order valence-corrected chi connectivity index (χ1v) is 9.52. The molecule has 126 valence electrons. The normalized spacial score (nSPS) is 21.4. The van der Waals surface area contributed by atoms with Crippen LogP contribution in [0, 0.1) is 17.8 Å². The molecule has 1 saturated heterocycles. The zero-order valence-corrected chi connectivity index (χ0v) is 15.2. The van der Waals surface area contributed by atoms with E-state index < -0.39 is 0 Å². The van der Waals surface area contributed by atoms with Crippen LogP contribution in [0.5, 0.6) is 0 Å². The molecule has 0 unspecified atom stereocenters. The van der Waals surface area contributed by atoms with Gasteiger partial charge in [0.1, 0.15) is 0 Å². The van der Waals surface area contributed by atoms with Crippen molar-refractivity contribution in [2.24, 2.45) is 17.8 Å². The van der Waals surface area contributed by atoms with Crippen LogP contribution in [0.1, 0.15) is 72.6 Å². The number of nitrogens with zero attached hydrogens (tertiary/aromatic N) is 1. The van der Waals surface area contributed by atoms with E-state index in [4.69, 9.17) is 0 Å². The Morgan fingerprint density at radius 2 is 1.57 bits per heavy atom. The van der Waals surface area contributed by atoms with Crippen LogP contribution in [0.4, 0.5) is 0 Å². The van der Waals surface area contributed by atoms with Gasteiger partial charge < -0.3 is 10.2 Å². The molecule has 1 saturated carbocycles. The summed E-state index contributed by atoms with van der Waals surface area (Å²) in [6, 6.07) is 0. The van der Waals surface area contributed by atoms with Gasteiger partial charge >= 0.3 is 0 Å². The molecule has 0 bridgehead atoms. The van der Waals surface area contributed by atoms with Gasteiger partial charge in [0.2, 0.25) is 0 Å². The predicted molar refractivity (Wildman–Crippen MR) is 94.8 cm³/mol. The Bertz CT molecular complexity index is 226. The van der Waals surface area contributed by atoms with Crippen molar-refractivity contribution in [3.8, 4) is 0 Å². The summed E-state index contributed by atoms with van der Waals surface area (Å²) < 4.78 is 0. The summed E-state index contributed by atoms with van der Waals surface area (Å²) in [5.41, 5.74) is 0. The lowest BCUT2D eigenvalue weighted by Crippen LogP contribution is -2.43. The summed E-state index contributed by atoms with van der Waals surface area (Å²) in [5.74, 6) is 2.86. The summed E-state index contributed by atoms with van der Waals surface area (Å²) in [6.07, 6.45) is 10.2. The van der Waals surface area contributed by atoms with Gasteiger partial charge in [-0.3, -0.25) is 0 Å². The molecule has 1 heterocycles. The van der Waals surface area contributed by atoms with Crippen LogP contribution in [-0.4, -0.2) is 37.6 Å². The van der Waals surface area contributed by atoms with E-state index in [1.165, 1.54) is 77.7 Å². The zero-order valence-electron chi connectivity index (χ0n) is 15.2. The van der Waals surface area contributed by atoms with E-state index in [0.717, 1.165) is 17.8 Å². The van der Waals surface area contributed by atoms with Crippen LogP contribution in [0.2, 0.25) is 0 Å². The van der Waals surface area contributed by atoms with Gasteiger partial charge in [0.05, 0.1) is 0 Å². The fraction of sp³-hybridized carbons (Fsp3) is 1.00. The Morgan fingerprint density at radius 3 is 2.05 bits per heavy atom. The highest BCUT2D eigenvalue weighted by molar-refractivity contribution is 4.68. The quantitative estimate of drug-likeness (QED) is 0.800. The first-order chi connectivity index (χ1) is 10.1. The molecule has 0 spiro atoms. The largest absolute Gasteiger partial charge is 0.314 e. The second-order valence-electron chi connectivity index (χ2n) is 7.77. The molecular weight excluding hydrogens is 256 g/mol. The summed E-state index contributed by atoms with van der Waals surface area (Å²) in [4.78, 5) is 2.57. The minimum absolute atomic E-state index is 0.868. The molecule has 2 aliphatic rings. The third-order valence-electron chi connectivity index (χ3n) is 5.06. The lowest BCUT2D eigenvalue weighted by atomic mass is 9.82. The van der Waals surface area contributed by atoms with Crippen LogP contribution in [0.25, 0.3) is 0 Å². The molecule has 1 aliphatic heterocycles. The van der Waals surface area contributed by atoms with Crippen molar-refractivity contribution in [3.05, 3.63) is 0 Å². The number of rotatable bonds is 5. The lowest BCUT2D eigenvalue weighted by Gasteiger charge is -2.27. The molecule has 1 aliphatic carbocycles. The van der Waals surface area contributed by atoms with Gasteiger partial charge in [-0.25, -0.2) is 0 Å². The van der Waals surface area contributed by atoms with Gasteiger partial charge in [0.15, 0.2) is 0 Å². The Morgan fingerprint density at radius 1 is 0.952 bits per heavy atom. The van der Waals surface area contributed by atoms with E-state index in [9.17, 15) is 0 Å². The average molecular weight is 297 g/mol. The van der Waals surface area contributed by atoms with Gasteiger partial charge in [0, 0.05) is 26.2 Å². The molecular formula is C19H40N2. The molecule has 0 atom stereocenters. The van der Waals surface area contributed by atoms with Crippen molar-refractivity contribution in [2.45, 2.75) is 72.6 Å². The maximum atomic E-state index is 3.37. The van der Waals surface area contributed by atoms with Crippen LogP contribution in [0.15, 0.2) is 0 Å². The van der Waals surface area contributed by atoms with Crippen LogP contribution in [0.3, 0.4) is 0 Å². The molecule has 1 N–H and O–H groups in total. The van der Waals surface area contributed by atoms with Gasteiger partial charge in [-0.15, -0.1) is 0 Å². The minimum Gasteiger partial charge on any atom is -0.314 e. The number of hydrogen-bond donors (Lipinski definition) is 1. The maximum Gasteiger partial charge on any atom is 0.0107 e. The molecule has 0 aromatic heterocycles. The monoisotopic (exact) mass is 296 g/mol. The van der Waals surface area contributed by atoms with E-state index in [1.807, 2.05) is 0 Å². The molecule has 0 aromatic carbocycles. The van der Waals surface area contributed by atoms with Crippen LogP contribution < -0.4 is 5.32 Å². The molecule has 2 rings (SSSR count). The van der Waals surface area contributed by atoms with Gasteiger partial charge in [-0.1, -0.05) is 59.8 Å². The highest BCUT2D eigenvalue weighted by Crippen LogP contribution is 2.29. The van der Waals surface area contributed by atoms with E-state index in [2.05, 4.69) is 37.9 Å². The third-order valence-corrected chi connectivity index (χ3v) is 5.06. The maximum absolute atomic E-state index is 3.37. The number of piperazine rings is 1. The smallest absolute Gasteiger partial charge is 0.0107 e. The van der Waals surface area contributed by atoms with Crippen molar-refractivity contribution < 1.29 is 0 Å². The third kappa shape index (κ3) is 9.52. The van der Waals surface area contributed by atoms with Gasteiger partial charge in [-0.2, -0.15) is 0 Å². The first kappa shape index (κ1) is 19.0. The first-order valence-electron chi connectivity index (χ1n) is 9.52. The molecule has 2 fully saturated rings. The molecule has 2 nitrogen and oxygen atoms in total. The minimum atomic E-state index is 0.868. The molecule has 0 aromatic rings. The van der Waals surface area contributed by atoms with E-state index in [-0.39, 0.29) is 0 Å². The topological polar surface area (TPSA) is 15.3 Å². The second kappa shape index (κ2) is 11.5. The summed E-state index contributed by atoms with van der Waals surface area (Å²) in [7, 11) is 0. The van der Waals surface area contributed by atoms with Gasteiger partial charge in [-0.05, 0) is 37.1 Å². The fourth-order valence-electron chi connectivity index (χ4n) is 3.46. The predicted octanol–water partition coefficient (Wildman–Crippen LogP) is 4.55. The Balaban J connectivity index is 0.000000219. The lowest BCUT2D eigenvalue weighted by molar-refractivity contribution is 0.233. The van der Waals surface area contributed by atoms with Crippen LogP contribution >= 0.6 is 0 Å². The molecule has 0 radical (unpaired) electrons. The fourth-order valence-corrected chi connectivity index (χ4v) is 3.46.